The molecule has 0 aliphatic carbocycles. The fourth-order valence-electron chi connectivity index (χ4n) is 3.39. The van der Waals surface area contributed by atoms with Crippen LogP contribution < -0.4 is 15.5 Å². The minimum atomic E-state index is -0.0967. The maximum absolute atomic E-state index is 11.3. The highest BCUT2D eigenvalue weighted by Gasteiger charge is 2.41. The number of pyridine rings is 1. The van der Waals surface area contributed by atoms with Gasteiger partial charge in [-0.05, 0) is 60.7 Å². The number of hydrogen-bond acceptors (Lipinski definition) is 3. The molecule has 6 nitrogen and oxygen atoms in total. The number of amides is 1. The van der Waals surface area contributed by atoms with E-state index in [1.165, 1.54) is 6.92 Å². The number of H-pyrrole nitrogens is 1. The molecule has 1 aromatic carbocycles. The SMILES string of the molecule is CC(=O)Nc1ccc(N2C(=S)N[C@H](c3ccccn3)[C@H]2c2ccc[nH]2)cc1. The van der Waals surface area contributed by atoms with Crippen LogP contribution >= 0.6 is 12.2 Å². The van der Waals surface area contributed by atoms with Gasteiger partial charge in [-0.25, -0.2) is 0 Å². The summed E-state index contributed by atoms with van der Waals surface area (Å²) in [4.78, 5) is 21.2. The van der Waals surface area contributed by atoms with Gasteiger partial charge in [0.05, 0.1) is 11.7 Å². The minimum Gasteiger partial charge on any atom is -0.363 e. The monoisotopic (exact) mass is 377 g/mol. The molecule has 3 heterocycles. The third-order valence-corrected chi connectivity index (χ3v) is 4.82. The second-order valence-corrected chi connectivity index (χ2v) is 6.74. The highest BCUT2D eigenvalue weighted by Crippen LogP contribution is 2.40. The van der Waals surface area contributed by atoms with Crippen molar-refractivity contribution in [2.45, 2.75) is 19.0 Å². The van der Waals surface area contributed by atoms with E-state index in [9.17, 15) is 4.79 Å². The number of thiocarbonyl (C=S) groups is 1. The van der Waals surface area contributed by atoms with Crippen molar-refractivity contribution >= 4 is 34.6 Å². The second kappa shape index (κ2) is 7.20. The first-order valence-electron chi connectivity index (χ1n) is 8.65. The number of aromatic nitrogens is 2. The summed E-state index contributed by atoms with van der Waals surface area (Å²) in [6, 6.07) is 17.4. The summed E-state index contributed by atoms with van der Waals surface area (Å²) in [7, 11) is 0. The first-order valence-corrected chi connectivity index (χ1v) is 9.06. The van der Waals surface area contributed by atoms with Crippen LogP contribution in [0.3, 0.4) is 0 Å². The zero-order chi connectivity index (χ0) is 18.8. The summed E-state index contributed by atoms with van der Waals surface area (Å²) in [5.41, 5.74) is 3.67. The Balaban J connectivity index is 1.72. The molecule has 1 aliphatic rings. The summed E-state index contributed by atoms with van der Waals surface area (Å²) >= 11 is 5.66. The van der Waals surface area contributed by atoms with Crippen molar-refractivity contribution in [1.29, 1.82) is 0 Å². The number of carbonyl (C=O) groups is 1. The van der Waals surface area contributed by atoms with Gasteiger partial charge in [-0.2, -0.15) is 0 Å². The van der Waals surface area contributed by atoms with Crippen molar-refractivity contribution in [3.05, 3.63) is 78.4 Å². The number of carbonyl (C=O) groups excluding carboxylic acids is 1. The lowest BCUT2D eigenvalue weighted by atomic mass is 10.0. The molecular weight excluding hydrogens is 358 g/mol. The summed E-state index contributed by atoms with van der Waals surface area (Å²) in [5, 5.41) is 6.83. The van der Waals surface area contributed by atoms with Crippen molar-refractivity contribution < 1.29 is 4.79 Å². The molecule has 1 amide bonds. The van der Waals surface area contributed by atoms with Gasteiger partial charge in [0.15, 0.2) is 5.11 Å². The van der Waals surface area contributed by atoms with Gasteiger partial charge in [0, 0.05) is 36.4 Å². The van der Waals surface area contributed by atoms with Crippen molar-refractivity contribution in [3.8, 4) is 0 Å². The average molecular weight is 377 g/mol. The van der Waals surface area contributed by atoms with E-state index in [1.807, 2.05) is 54.7 Å². The van der Waals surface area contributed by atoms with Crippen LogP contribution in [-0.2, 0) is 4.79 Å². The molecule has 1 saturated heterocycles. The van der Waals surface area contributed by atoms with E-state index in [0.717, 1.165) is 22.8 Å². The Morgan fingerprint density at radius 3 is 2.59 bits per heavy atom. The zero-order valence-electron chi connectivity index (χ0n) is 14.7. The molecule has 1 fully saturated rings. The number of rotatable bonds is 4. The summed E-state index contributed by atoms with van der Waals surface area (Å²) in [6.07, 6.45) is 3.70. The van der Waals surface area contributed by atoms with Crippen molar-refractivity contribution in [2.24, 2.45) is 0 Å². The van der Waals surface area contributed by atoms with Crippen LogP contribution in [0.15, 0.2) is 67.0 Å². The van der Waals surface area contributed by atoms with Crippen LogP contribution in [0.25, 0.3) is 0 Å². The molecule has 0 radical (unpaired) electrons. The first kappa shape index (κ1) is 17.2. The van der Waals surface area contributed by atoms with Crippen LogP contribution in [0.4, 0.5) is 11.4 Å². The third kappa shape index (κ3) is 3.41. The molecule has 0 unspecified atom stereocenters. The standard InChI is InChI=1S/C20H19N5OS/c1-13(26)23-14-7-9-15(10-8-14)25-19(17-6-4-12-22-17)18(24-20(25)27)16-5-2-3-11-21-16/h2-12,18-19,22H,1H3,(H,23,26)(H,24,27)/t18-,19-/m1/s1. The number of aromatic amines is 1. The summed E-state index contributed by atoms with van der Waals surface area (Å²) in [6.45, 7) is 1.49. The van der Waals surface area contributed by atoms with Gasteiger partial charge in [-0.3, -0.25) is 9.78 Å². The van der Waals surface area contributed by atoms with E-state index >= 15 is 0 Å². The van der Waals surface area contributed by atoms with E-state index in [2.05, 4.69) is 31.6 Å². The Kier molecular flexibility index (Phi) is 4.60. The van der Waals surface area contributed by atoms with Crippen molar-refractivity contribution in [1.82, 2.24) is 15.3 Å². The summed E-state index contributed by atoms with van der Waals surface area (Å²) in [5.74, 6) is -0.0967. The normalized spacial score (nSPS) is 19.0. The second-order valence-electron chi connectivity index (χ2n) is 6.35. The number of nitrogens with zero attached hydrogens (tertiary/aromatic N) is 2. The van der Waals surface area contributed by atoms with Crippen LogP contribution in [0.2, 0.25) is 0 Å². The number of anilines is 2. The number of nitrogens with one attached hydrogen (secondary N) is 3. The third-order valence-electron chi connectivity index (χ3n) is 4.50. The van der Waals surface area contributed by atoms with Crippen LogP contribution in [0.1, 0.15) is 30.4 Å². The largest absolute Gasteiger partial charge is 0.363 e. The molecule has 3 N–H and O–H groups in total. The number of hydrogen-bond donors (Lipinski definition) is 3. The molecule has 1 aliphatic heterocycles. The molecule has 27 heavy (non-hydrogen) atoms. The lowest BCUT2D eigenvalue weighted by molar-refractivity contribution is -0.114. The maximum atomic E-state index is 11.3. The number of benzene rings is 1. The fourth-order valence-corrected chi connectivity index (χ4v) is 3.73. The van der Waals surface area contributed by atoms with Gasteiger partial charge in [-0.15, -0.1) is 0 Å². The predicted molar refractivity (Wildman–Crippen MR) is 109 cm³/mol. The van der Waals surface area contributed by atoms with Crippen molar-refractivity contribution in [3.63, 3.8) is 0 Å². The smallest absolute Gasteiger partial charge is 0.221 e. The van der Waals surface area contributed by atoms with Gasteiger partial charge < -0.3 is 20.5 Å². The molecule has 136 valence electrons. The van der Waals surface area contributed by atoms with E-state index in [4.69, 9.17) is 12.2 Å². The lowest BCUT2D eigenvalue weighted by Gasteiger charge is -2.27. The van der Waals surface area contributed by atoms with Crippen molar-refractivity contribution in [2.75, 3.05) is 10.2 Å². The fraction of sp³-hybridized carbons (Fsp3) is 0.150. The van der Waals surface area contributed by atoms with E-state index in [-0.39, 0.29) is 18.0 Å². The molecule has 0 saturated carbocycles. The molecule has 2 atom stereocenters. The highest BCUT2D eigenvalue weighted by atomic mass is 32.1. The van der Waals surface area contributed by atoms with Crippen LogP contribution in [0, 0.1) is 0 Å². The first-order chi connectivity index (χ1) is 13.1. The van der Waals surface area contributed by atoms with E-state index in [0.29, 0.717) is 5.11 Å². The molecule has 3 aromatic rings. The van der Waals surface area contributed by atoms with Crippen LogP contribution in [0.5, 0.6) is 0 Å². The Labute approximate surface area is 162 Å². The van der Waals surface area contributed by atoms with Gasteiger partial charge in [-0.1, -0.05) is 6.07 Å². The highest BCUT2D eigenvalue weighted by molar-refractivity contribution is 7.80. The van der Waals surface area contributed by atoms with Gasteiger partial charge >= 0.3 is 0 Å². The Morgan fingerprint density at radius 1 is 1.15 bits per heavy atom. The summed E-state index contributed by atoms with van der Waals surface area (Å²) < 4.78 is 0. The van der Waals surface area contributed by atoms with E-state index < -0.39 is 0 Å². The van der Waals surface area contributed by atoms with Gasteiger partial charge in [0.25, 0.3) is 0 Å². The Hall–Kier alpha value is -3.19. The topological polar surface area (TPSA) is 73.1 Å². The Bertz CT molecular complexity index is 940. The molecule has 0 spiro atoms. The van der Waals surface area contributed by atoms with Gasteiger partial charge in [0.2, 0.25) is 5.91 Å². The van der Waals surface area contributed by atoms with E-state index in [1.54, 1.807) is 6.20 Å². The molecule has 4 rings (SSSR count). The molecule has 7 heteroatoms. The Morgan fingerprint density at radius 2 is 1.96 bits per heavy atom. The lowest BCUT2D eigenvalue weighted by Crippen LogP contribution is -2.29. The minimum absolute atomic E-state index is 0.0611. The quantitative estimate of drug-likeness (QED) is 0.607. The maximum Gasteiger partial charge on any atom is 0.221 e. The molecule has 0 bridgehead atoms. The molecular formula is C20H19N5OS. The van der Waals surface area contributed by atoms with Crippen LogP contribution in [-0.4, -0.2) is 21.0 Å². The van der Waals surface area contributed by atoms with Gasteiger partial charge in [0.1, 0.15) is 6.04 Å². The molecule has 2 aromatic heterocycles. The predicted octanol–water partition coefficient (Wildman–Crippen LogP) is 3.55. The average Bonchev–Trinajstić information content (AvgIpc) is 3.30. The zero-order valence-corrected chi connectivity index (χ0v) is 15.5.